The Kier molecular flexibility index (Phi) is 4.63. The van der Waals surface area contributed by atoms with Crippen molar-refractivity contribution in [3.05, 3.63) is 34.1 Å². The third-order valence-corrected chi connectivity index (χ3v) is 6.30. The molecule has 4 rings (SSSR count). The Morgan fingerprint density at radius 2 is 2.00 bits per heavy atom. The minimum Gasteiger partial charge on any atom is -0.489 e. The largest absolute Gasteiger partial charge is 0.489 e. The average molecular weight is 422 g/mol. The van der Waals surface area contributed by atoms with E-state index in [2.05, 4.69) is 22.9 Å². The molecule has 1 aliphatic heterocycles. The van der Waals surface area contributed by atoms with E-state index in [1.807, 2.05) is 0 Å². The van der Waals surface area contributed by atoms with Crippen LogP contribution < -0.4 is 9.64 Å². The predicted octanol–water partition coefficient (Wildman–Crippen LogP) is 4.76. The zero-order chi connectivity index (χ0) is 18.4. The van der Waals surface area contributed by atoms with E-state index in [1.54, 1.807) is 6.08 Å². The second kappa shape index (κ2) is 6.80. The lowest BCUT2D eigenvalue weighted by Crippen LogP contribution is -2.46. The van der Waals surface area contributed by atoms with Gasteiger partial charge in [0.05, 0.1) is 16.1 Å². The molecule has 0 N–H and O–H groups in total. The second-order valence-corrected chi connectivity index (χ2v) is 8.32. The average Bonchev–Trinajstić information content (AvgIpc) is 3.02. The van der Waals surface area contributed by atoms with Crippen LogP contribution in [-0.4, -0.2) is 17.9 Å². The molecule has 3 aliphatic rings. The highest BCUT2D eigenvalue weighted by atomic mass is 79.9. The molecule has 26 heavy (non-hydrogen) atoms. The summed E-state index contributed by atoms with van der Waals surface area (Å²) < 4.78 is 21.3. The smallest absolute Gasteiger partial charge is 0.260 e. The van der Waals surface area contributed by atoms with Gasteiger partial charge in [0, 0.05) is 11.6 Å². The molecule has 138 valence electrons. The van der Waals surface area contributed by atoms with Crippen LogP contribution in [0.4, 0.5) is 10.1 Å². The summed E-state index contributed by atoms with van der Waals surface area (Å²) in [6.07, 6.45) is 7.15. The molecule has 6 heteroatoms. The van der Waals surface area contributed by atoms with Gasteiger partial charge in [0.2, 0.25) is 5.91 Å². The molecule has 0 saturated heterocycles. The molecule has 3 atom stereocenters. The first-order chi connectivity index (χ1) is 12.5. The van der Waals surface area contributed by atoms with Gasteiger partial charge in [-0.1, -0.05) is 13.0 Å². The zero-order valence-electron chi connectivity index (χ0n) is 14.6. The standard InChI is InChI=1S/C20H21BrFNO3/c1-11-4-2-7-17(11)26-18-10-16(15(22)9-14(18)21)23-19(24)12-5-3-6-13(8-12)20(23)25/h8-12,17H,2-7H2,1H3. The number of benzene rings is 1. The van der Waals surface area contributed by atoms with Crippen molar-refractivity contribution in [3.8, 4) is 5.75 Å². The minimum absolute atomic E-state index is 0.0126. The molecule has 4 nitrogen and oxygen atoms in total. The SMILES string of the molecule is CC1CCCC1Oc1cc(N2C(=O)C3=CC(CCC3)C2=O)c(F)cc1Br. The Balaban J connectivity index is 1.70. The number of imide groups is 1. The number of carbonyl (C=O) groups excluding carboxylic acids is 2. The molecule has 2 bridgehead atoms. The van der Waals surface area contributed by atoms with Gasteiger partial charge in [0.1, 0.15) is 17.7 Å². The molecule has 0 radical (unpaired) electrons. The van der Waals surface area contributed by atoms with Crippen LogP contribution in [0.15, 0.2) is 28.3 Å². The summed E-state index contributed by atoms with van der Waals surface area (Å²) in [6, 6.07) is 2.77. The number of ether oxygens (including phenoxy) is 1. The van der Waals surface area contributed by atoms with Crippen LogP contribution in [0.3, 0.4) is 0 Å². The number of fused-ring (bicyclic) bond motifs is 1. The summed E-state index contributed by atoms with van der Waals surface area (Å²) in [4.78, 5) is 26.4. The van der Waals surface area contributed by atoms with E-state index in [1.165, 1.54) is 12.1 Å². The Labute approximate surface area is 160 Å². The van der Waals surface area contributed by atoms with Crippen molar-refractivity contribution >= 4 is 33.4 Å². The predicted molar refractivity (Wildman–Crippen MR) is 99.4 cm³/mol. The Bertz CT molecular complexity index is 806. The van der Waals surface area contributed by atoms with Gasteiger partial charge in [-0.15, -0.1) is 0 Å². The van der Waals surface area contributed by atoms with Crippen LogP contribution in [-0.2, 0) is 9.59 Å². The van der Waals surface area contributed by atoms with E-state index in [9.17, 15) is 14.0 Å². The number of anilines is 1. The van der Waals surface area contributed by atoms with Crippen molar-refractivity contribution in [1.82, 2.24) is 0 Å². The van der Waals surface area contributed by atoms with Gasteiger partial charge < -0.3 is 4.74 Å². The normalized spacial score (nSPS) is 28.3. The van der Waals surface area contributed by atoms with Crippen molar-refractivity contribution in [2.45, 2.75) is 51.6 Å². The monoisotopic (exact) mass is 421 g/mol. The van der Waals surface area contributed by atoms with Crippen LogP contribution in [0.2, 0.25) is 0 Å². The Hall–Kier alpha value is -1.69. The first kappa shape index (κ1) is 17.7. The lowest BCUT2D eigenvalue weighted by Gasteiger charge is -2.33. The van der Waals surface area contributed by atoms with E-state index in [-0.39, 0.29) is 23.6 Å². The molecule has 1 fully saturated rings. The number of amides is 2. The van der Waals surface area contributed by atoms with Gasteiger partial charge in [-0.25, -0.2) is 9.29 Å². The molecular formula is C20H21BrFNO3. The first-order valence-electron chi connectivity index (χ1n) is 9.20. The highest BCUT2D eigenvalue weighted by Crippen LogP contribution is 2.40. The third kappa shape index (κ3) is 2.98. The van der Waals surface area contributed by atoms with Crippen molar-refractivity contribution in [2.75, 3.05) is 4.90 Å². The van der Waals surface area contributed by atoms with Gasteiger partial charge in [0.15, 0.2) is 0 Å². The summed E-state index contributed by atoms with van der Waals surface area (Å²) in [5, 5.41) is 0. The summed E-state index contributed by atoms with van der Waals surface area (Å²) >= 11 is 3.35. The van der Waals surface area contributed by atoms with Gasteiger partial charge in [0.25, 0.3) is 5.91 Å². The molecule has 0 aromatic heterocycles. The summed E-state index contributed by atoms with van der Waals surface area (Å²) in [7, 11) is 0. The highest BCUT2D eigenvalue weighted by Gasteiger charge is 2.39. The van der Waals surface area contributed by atoms with Crippen molar-refractivity contribution in [3.63, 3.8) is 0 Å². The topological polar surface area (TPSA) is 46.6 Å². The van der Waals surface area contributed by atoms with E-state index < -0.39 is 11.7 Å². The zero-order valence-corrected chi connectivity index (χ0v) is 16.2. The quantitative estimate of drug-likeness (QED) is 0.661. The number of carbonyl (C=O) groups is 2. The molecule has 1 aromatic carbocycles. The molecular weight excluding hydrogens is 401 g/mol. The fraction of sp³-hybridized carbons (Fsp3) is 0.500. The fourth-order valence-corrected chi connectivity index (χ4v) is 4.57. The minimum atomic E-state index is -0.606. The Morgan fingerprint density at radius 3 is 2.73 bits per heavy atom. The molecule has 2 aliphatic carbocycles. The number of hydrogen-bond acceptors (Lipinski definition) is 3. The maximum Gasteiger partial charge on any atom is 0.260 e. The summed E-state index contributed by atoms with van der Waals surface area (Å²) in [5.41, 5.74) is 0.594. The van der Waals surface area contributed by atoms with Crippen molar-refractivity contribution in [2.24, 2.45) is 11.8 Å². The fourth-order valence-electron chi connectivity index (χ4n) is 4.16. The molecule has 3 unspecified atom stereocenters. The lowest BCUT2D eigenvalue weighted by atomic mass is 9.85. The van der Waals surface area contributed by atoms with Crippen LogP contribution >= 0.6 is 15.9 Å². The first-order valence-corrected chi connectivity index (χ1v) is 9.99. The van der Waals surface area contributed by atoms with Crippen LogP contribution in [0.5, 0.6) is 5.75 Å². The molecule has 2 amide bonds. The number of hydrogen-bond donors (Lipinski definition) is 0. The van der Waals surface area contributed by atoms with Crippen LogP contribution in [0.1, 0.15) is 45.4 Å². The second-order valence-electron chi connectivity index (χ2n) is 7.47. The molecule has 1 saturated carbocycles. The summed E-state index contributed by atoms with van der Waals surface area (Å²) in [5.74, 6) is -0.791. The number of nitrogens with zero attached hydrogens (tertiary/aromatic N) is 1. The highest BCUT2D eigenvalue weighted by molar-refractivity contribution is 9.10. The molecule has 0 spiro atoms. The summed E-state index contributed by atoms with van der Waals surface area (Å²) in [6.45, 7) is 2.14. The number of rotatable bonds is 3. The van der Waals surface area contributed by atoms with E-state index in [4.69, 9.17) is 4.74 Å². The third-order valence-electron chi connectivity index (χ3n) is 5.68. The molecule has 1 aromatic rings. The van der Waals surface area contributed by atoms with Gasteiger partial charge in [-0.2, -0.15) is 0 Å². The number of halogens is 2. The lowest BCUT2D eigenvalue weighted by molar-refractivity contribution is -0.128. The van der Waals surface area contributed by atoms with E-state index in [0.29, 0.717) is 34.6 Å². The van der Waals surface area contributed by atoms with Gasteiger partial charge >= 0.3 is 0 Å². The maximum atomic E-state index is 14.7. The molecule has 1 heterocycles. The van der Waals surface area contributed by atoms with Crippen LogP contribution in [0.25, 0.3) is 0 Å². The Morgan fingerprint density at radius 1 is 1.19 bits per heavy atom. The van der Waals surface area contributed by atoms with E-state index in [0.717, 1.165) is 30.6 Å². The van der Waals surface area contributed by atoms with E-state index >= 15 is 0 Å². The van der Waals surface area contributed by atoms with Crippen LogP contribution in [0, 0.1) is 17.7 Å². The van der Waals surface area contributed by atoms with Crippen molar-refractivity contribution in [1.29, 1.82) is 0 Å². The van der Waals surface area contributed by atoms with Crippen molar-refractivity contribution < 1.29 is 18.7 Å². The maximum absolute atomic E-state index is 14.7. The van der Waals surface area contributed by atoms with Gasteiger partial charge in [-0.05, 0) is 66.4 Å². The van der Waals surface area contributed by atoms with Gasteiger partial charge in [-0.3, -0.25) is 9.59 Å².